The van der Waals surface area contributed by atoms with Gasteiger partial charge in [-0.25, -0.2) is 0 Å². The lowest BCUT2D eigenvalue weighted by Crippen LogP contribution is -2.11. The Morgan fingerprint density at radius 3 is 1.81 bits per heavy atom. The second kappa shape index (κ2) is 14.1. The molecule has 0 saturated carbocycles. The maximum atomic E-state index is 9.59. The smallest absolute Gasteiger partial charge is 0.0991 e. The third-order valence-electron chi connectivity index (χ3n) is 11.7. The van der Waals surface area contributed by atoms with Gasteiger partial charge in [0.25, 0.3) is 0 Å². The van der Waals surface area contributed by atoms with E-state index in [0.717, 1.165) is 33.8 Å². The number of hydrogen-bond donors (Lipinski definition) is 0. The average molecular weight is 770 g/mol. The second-order valence-electron chi connectivity index (χ2n) is 15.1. The van der Waals surface area contributed by atoms with Crippen LogP contribution in [0.4, 0.5) is 17.1 Å². The van der Waals surface area contributed by atoms with Gasteiger partial charge in [-0.05, 0) is 139 Å². The van der Waals surface area contributed by atoms with Gasteiger partial charge in [-0.15, -0.1) is 11.3 Å². The zero-order valence-corrected chi connectivity index (χ0v) is 33.0. The summed E-state index contributed by atoms with van der Waals surface area (Å²) in [4.78, 5) is 6.64. The highest BCUT2D eigenvalue weighted by Crippen LogP contribution is 2.47. The van der Waals surface area contributed by atoms with E-state index in [2.05, 4.69) is 175 Å². The Kier molecular flexibility index (Phi) is 8.29. The minimum atomic E-state index is 0.636. The predicted molar refractivity (Wildman–Crippen MR) is 250 cm³/mol. The number of rotatable bonds is 6. The molecule has 276 valence electrons. The van der Waals surface area contributed by atoms with Crippen LogP contribution in [-0.4, -0.2) is 4.98 Å². The number of anilines is 3. The molecule has 11 aromatic rings. The van der Waals surface area contributed by atoms with Crippen molar-refractivity contribution < 1.29 is 0 Å². The van der Waals surface area contributed by atoms with Crippen molar-refractivity contribution in [1.82, 2.24) is 4.98 Å². The fourth-order valence-electron chi connectivity index (χ4n) is 8.97. The number of aryl methyl sites for hydroxylation is 1. The van der Waals surface area contributed by atoms with E-state index in [9.17, 15) is 5.26 Å². The first-order valence-corrected chi connectivity index (χ1v) is 20.6. The summed E-state index contributed by atoms with van der Waals surface area (Å²) in [6.07, 6.45) is 3.71. The number of thiophene rings is 1. The van der Waals surface area contributed by atoms with Gasteiger partial charge in [0.15, 0.2) is 0 Å². The SMILES string of the molecule is Cc1cc(-c2cccnc2)ccc1N(c1ccc(C#N)cc1)c1ccc2c(c1)sc1cc(-c3c4ccccc4c(-c4cccc5ccccc45)c4ccccc34)ccc12. The molecule has 0 N–H and O–H groups in total. The molecule has 0 aliphatic rings. The van der Waals surface area contributed by atoms with E-state index in [1.54, 1.807) is 6.20 Å². The Hall–Kier alpha value is -7.58. The lowest BCUT2D eigenvalue weighted by molar-refractivity contribution is 1.25. The number of nitriles is 1. The van der Waals surface area contributed by atoms with Crippen molar-refractivity contribution in [3.63, 3.8) is 0 Å². The van der Waals surface area contributed by atoms with Crippen LogP contribution in [0.15, 0.2) is 194 Å². The number of hydrogen-bond acceptors (Lipinski definition) is 4. The third kappa shape index (κ3) is 5.83. The van der Waals surface area contributed by atoms with Gasteiger partial charge in [-0.1, -0.05) is 121 Å². The maximum absolute atomic E-state index is 9.59. The quantitative estimate of drug-likeness (QED) is 0.158. The fraction of sp³-hybridized carbons (Fsp3) is 0.0182. The van der Waals surface area contributed by atoms with Crippen molar-refractivity contribution in [2.24, 2.45) is 0 Å². The van der Waals surface area contributed by atoms with E-state index in [-0.39, 0.29) is 0 Å². The zero-order chi connectivity index (χ0) is 39.5. The van der Waals surface area contributed by atoms with E-state index in [4.69, 9.17) is 0 Å². The largest absolute Gasteiger partial charge is 0.310 e. The van der Waals surface area contributed by atoms with E-state index < -0.39 is 0 Å². The minimum absolute atomic E-state index is 0.636. The molecular formula is C55H35N3S. The fourth-order valence-corrected chi connectivity index (χ4v) is 10.1. The first-order chi connectivity index (χ1) is 29.1. The minimum Gasteiger partial charge on any atom is -0.310 e. The van der Waals surface area contributed by atoms with Gasteiger partial charge in [0.1, 0.15) is 0 Å². The van der Waals surface area contributed by atoms with Crippen molar-refractivity contribution >= 4 is 80.9 Å². The molecule has 0 spiro atoms. The van der Waals surface area contributed by atoms with Gasteiger partial charge in [-0.2, -0.15) is 5.26 Å². The summed E-state index contributed by atoms with van der Waals surface area (Å²) in [6.45, 7) is 2.16. The van der Waals surface area contributed by atoms with Gasteiger partial charge in [0, 0.05) is 49.6 Å². The van der Waals surface area contributed by atoms with Gasteiger partial charge < -0.3 is 4.90 Å². The van der Waals surface area contributed by atoms with Crippen molar-refractivity contribution in [1.29, 1.82) is 5.26 Å². The second-order valence-corrected chi connectivity index (χ2v) is 16.2. The standard InChI is InChI=1S/C55H35N3S/c1-35-30-38(40-12-9-29-57-34-40)22-28-51(35)58(41-23-19-36(33-56)20-24-41)42-25-27-45-44-26-21-39(31-52(44)59-53(45)32-42)54-47-14-4-6-16-49(47)55(50-17-7-5-15-48(50)54)46-18-8-11-37-10-2-3-13-43(37)46/h2-32,34H,1H3. The molecule has 0 saturated heterocycles. The van der Waals surface area contributed by atoms with Crippen LogP contribution in [0.2, 0.25) is 0 Å². The molecule has 4 heteroatoms. The number of nitrogens with zero attached hydrogens (tertiary/aromatic N) is 3. The monoisotopic (exact) mass is 769 g/mol. The number of fused-ring (bicyclic) bond motifs is 6. The third-order valence-corrected chi connectivity index (χ3v) is 12.8. The maximum Gasteiger partial charge on any atom is 0.0991 e. The van der Waals surface area contributed by atoms with Gasteiger partial charge in [0.05, 0.1) is 11.6 Å². The highest BCUT2D eigenvalue weighted by Gasteiger charge is 2.20. The molecule has 0 radical (unpaired) electrons. The Morgan fingerprint density at radius 1 is 0.492 bits per heavy atom. The highest BCUT2D eigenvalue weighted by molar-refractivity contribution is 7.25. The molecule has 0 amide bonds. The van der Waals surface area contributed by atoms with Gasteiger partial charge >= 0.3 is 0 Å². The van der Waals surface area contributed by atoms with E-state index in [0.29, 0.717) is 5.56 Å². The van der Waals surface area contributed by atoms with Crippen LogP contribution in [0.3, 0.4) is 0 Å². The zero-order valence-electron chi connectivity index (χ0n) is 32.2. The lowest BCUT2D eigenvalue weighted by atomic mass is 9.84. The first-order valence-electron chi connectivity index (χ1n) is 19.8. The van der Waals surface area contributed by atoms with Gasteiger partial charge in [-0.3, -0.25) is 4.98 Å². The summed E-state index contributed by atoms with van der Waals surface area (Å²) >= 11 is 1.84. The van der Waals surface area contributed by atoms with Crippen molar-refractivity contribution in [2.45, 2.75) is 6.92 Å². The molecular weight excluding hydrogens is 735 g/mol. The molecule has 2 heterocycles. The van der Waals surface area contributed by atoms with Gasteiger partial charge in [0.2, 0.25) is 0 Å². The predicted octanol–water partition coefficient (Wildman–Crippen LogP) is 15.6. The summed E-state index contributed by atoms with van der Waals surface area (Å²) in [5, 5.41) is 19.6. The molecule has 9 aromatic carbocycles. The van der Waals surface area contributed by atoms with E-state index in [1.807, 2.05) is 47.9 Å². The summed E-state index contributed by atoms with van der Waals surface area (Å²) in [6, 6.07) is 67.8. The summed E-state index contributed by atoms with van der Waals surface area (Å²) < 4.78 is 2.47. The van der Waals surface area contributed by atoms with Crippen LogP contribution in [0, 0.1) is 18.3 Å². The van der Waals surface area contributed by atoms with Crippen molar-refractivity contribution in [2.75, 3.05) is 4.90 Å². The molecule has 0 bridgehead atoms. The van der Waals surface area contributed by atoms with Crippen LogP contribution in [-0.2, 0) is 0 Å². The Bertz CT molecular complexity index is 3410. The Balaban J connectivity index is 1.07. The van der Waals surface area contributed by atoms with Crippen LogP contribution >= 0.6 is 11.3 Å². The van der Waals surface area contributed by atoms with Crippen LogP contribution < -0.4 is 4.90 Å². The normalized spacial score (nSPS) is 11.5. The molecule has 2 aromatic heterocycles. The molecule has 0 unspecified atom stereocenters. The molecule has 11 rings (SSSR count). The molecule has 0 atom stereocenters. The van der Waals surface area contributed by atoms with Crippen molar-refractivity contribution in [3.8, 4) is 39.4 Å². The van der Waals surface area contributed by atoms with Crippen LogP contribution in [0.5, 0.6) is 0 Å². The molecule has 3 nitrogen and oxygen atoms in total. The van der Waals surface area contributed by atoms with Crippen LogP contribution in [0.1, 0.15) is 11.1 Å². The Morgan fingerprint density at radius 2 is 1.12 bits per heavy atom. The Labute approximate surface area is 346 Å². The number of benzene rings is 9. The van der Waals surface area contributed by atoms with Crippen molar-refractivity contribution in [3.05, 3.63) is 206 Å². The van der Waals surface area contributed by atoms with E-state index in [1.165, 1.54) is 74.7 Å². The summed E-state index contributed by atoms with van der Waals surface area (Å²) in [5.74, 6) is 0. The van der Waals surface area contributed by atoms with E-state index >= 15 is 0 Å². The lowest BCUT2D eigenvalue weighted by Gasteiger charge is -2.27. The molecule has 59 heavy (non-hydrogen) atoms. The molecule has 0 fully saturated rings. The molecule has 0 aliphatic heterocycles. The average Bonchev–Trinajstić information content (AvgIpc) is 3.66. The molecule has 0 aliphatic carbocycles. The topological polar surface area (TPSA) is 39.9 Å². The first kappa shape index (κ1) is 34.7. The summed E-state index contributed by atoms with van der Waals surface area (Å²) in [7, 11) is 0. The highest BCUT2D eigenvalue weighted by atomic mass is 32.1. The number of aromatic nitrogens is 1. The van der Waals surface area contributed by atoms with Crippen LogP contribution in [0.25, 0.3) is 85.9 Å². The number of pyridine rings is 1. The summed E-state index contributed by atoms with van der Waals surface area (Å²) in [5.41, 5.74) is 12.1.